The molecule has 0 fully saturated rings. The minimum atomic E-state index is 0.491. The lowest BCUT2D eigenvalue weighted by molar-refractivity contribution is 1.21. The second-order valence-electron chi connectivity index (χ2n) is 4.46. The predicted molar refractivity (Wildman–Crippen MR) is 93.9 cm³/mol. The van der Waals surface area contributed by atoms with Gasteiger partial charge in [0.1, 0.15) is 5.69 Å². The number of hydrogen-bond acceptors (Lipinski definition) is 5. The smallest absolute Gasteiger partial charge is 0.194 e. The van der Waals surface area contributed by atoms with Gasteiger partial charge in [-0.05, 0) is 12.1 Å². The average Bonchev–Trinajstić information content (AvgIpc) is 3.19. The summed E-state index contributed by atoms with van der Waals surface area (Å²) in [4.78, 5) is 9.91. The highest BCUT2D eigenvalue weighted by Crippen LogP contribution is 2.34. The molecule has 0 spiro atoms. The molecular formula is C14H8Cl2N4S2. The zero-order valence-corrected chi connectivity index (χ0v) is 14.1. The van der Waals surface area contributed by atoms with Gasteiger partial charge in [-0.15, -0.1) is 22.7 Å². The van der Waals surface area contributed by atoms with E-state index in [9.17, 15) is 0 Å². The highest BCUT2D eigenvalue weighted by atomic mass is 35.5. The number of fused-ring (bicyclic) bond motifs is 1. The van der Waals surface area contributed by atoms with Crippen LogP contribution in [0.4, 0.5) is 10.8 Å². The summed E-state index contributed by atoms with van der Waals surface area (Å²) >= 11 is 15.3. The molecule has 0 aliphatic rings. The van der Waals surface area contributed by atoms with Crippen LogP contribution in [0.25, 0.3) is 16.3 Å². The summed E-state index contributed by atoms with van der Waals surface area (Å²) in [6.45, 7) is 0. The number of rotatable bonds is 3. The van der Waals surface area contributed by atoms with E-state index in [-0.39, 0.29) is 0 Å². The van der Waals surface area contributed by atoms with Gasteiger partial charge in [0.25, 0.3) is 0 Å². The zero-order valence-electron chi connectivity index (χ0n) is 11.0. The van der Waals surface area contributed by atoms with Crippen LogP contribution in [0.1, 0.15) is 0 Å². The molecule has 0 saturated carbocycles. The molecule has 3 aromatic heterocycles. The Labute approximate surface area is 144 Å². The fourth-order valence-electron chi connectivity index (χ4n) is 2.08. The Kier molecular flexibility index (Phi) is 3.54. The van der Waals surface area contributed by atoms with E-state index in [4.69, 9.17) is 23.2 Å². The van der Waals surface area contributed by atoms with Crippen LogP contribution in [-0.4, -0.2) is 14.4 Å². The molecule has 110 valence electrons. The first-order valence-corrected chi connectivity index (χ1v) is 8.81. The molecule has 22 heavy (non-hydrogen) atoms. The number of nitrogens with one attached hydrogen (secondary N) is 1. The predicted octanol–water partition coefficient (Wildman–Crippen LogP) is 5.57. The Morgan fingerprint density at radius 2 is 2.09 bits per heavy atom. The highest BCUT2D eigenvalue weighted by molar-refractivity contribution is 7.15. The minimum absolute atomic E-state index is 0.491. The molecule has 4 rings (SSSR count). The van der Waals surface area contributed by atoms with Crippen molar-refractivity contribution in [2.45, 2.75) is 0 Å². The van der Waals surface area contributed by atoms with Crippen LogP contribution in [0.15, 0.2) is 41.4 Å². The lowest BCUT2D eigenvalue weighted by Gasteiger charge is -2.05. The third-order valence-electron chi connectivity index (χ3n) is 3.11. The van der Waals surface area contributed by atoms with Gasteiger partial charge in [0, 0.05) is 17.0 Å². The Morgan fingerprint density at radius 3 is 3.00 bits per heavy atom. The third kappa shape index (κ3) is 2.38. The molecule has 3 heterocycles. The molecule has 4 nitrogen and oxygen atoms in total. The van der Waals surface area contributed by atoms with Gasteiger partial charge < -0.3 is 5.32 Å². The van der Waals surface area contributed by atoms with Crippen molar-refractivity contribution >= 4 is 61.7 Å². The summed E-state index contributed by atoms with van der Waals surface area (Å²) in [5, 5.41) is 8.95. The standard InChI is InChI=1S/C14H8Cl2N4S2/c15-8-2-1-3-9(12(8)16)18-13-19-10(7-22-13)11-6-17-14-20(11)4-5-21-14/h1-7H,(H,18,19). The molecule has 4 aromatic rings. The van der Waals surface area contributed by atoms with E-state index < -0.39 is 0 Å². The monoisotopic (exact) mass is 366 g/mol. The van der Waals surface area contributed by atoms with Gasteiger partial charge in [0.05, 0.1) is 27.6 Å². The van der Waals surface area contributed by atoms with Crippen molar-refractivity contribution < 1.29 is 0 Å². The van der Waals surface area contributed by atoms with Gasteiger partial charge in [-0.3, -0.25) is 4.40 Å². The molecule has 0 bridgehead atoms. The fourth-order valence-corrected chi connectivity index (χ4v) is 3.84. The average molecular weight is 367 g/mol. The minimum Gasteiger partial charge on any atom is -0.330 e. The normalized spacial score (nSPS) is 11.2. The van der Waals surface area contributed by atoms with Gasteiger partial charge in [0.15, 0.2) is 10.1 Å². The van der Waals surface area contributed by atoms with Crippen molar-refractivity contribution in [3.8, 4) is 11.4 Å². The second kappa shape index (κ2) is 5.55. The van der Waals surface area contributed by atoms with E-state index in [0.29, 0.717) is 10.0 Å². The van der Waals surface area contributed by atoms with Crippen LogP contribution in [-0.2, 0) is 0 Å². The lowest BCUT2D eigenvalue weighted by Crippen LogP contribution is -1.91. The summed E-state index contributed by atoms with van der Waals surface area (Å²) in [5.41, 5.74) is 2.58. The maximum atomic E-state index is 6.18. The number of aromatic nitrogens is 3. The number of halogens is 2. The number of anilines is 2. The van der Waals surface area contributed by atoms with E-state index in [2.05, 4.69) is 15.3 Å². The Bertz CT molecular complexity index is 957. The van der Waals surface area contributed by atoms with Gasteiger partial charge in [-0.25, -0.2) is 9.97 Å². The number of imidazole rings is 1. The maximum Gasteiger partial charge on any atom is 0.194 e. The number of thiazole rings is 2. The second-order valence-corrected chi connectivity index (χ2v) is 6.98. The van der Waals surface area contributed by atoms with E-state index in [1.54, 1.807) is 17.4 Å². The molecule has 0 atom stereocenters. The first kappa shape index (κ1) is 14.0. The van der Waals surface area contributed by atoms with Gasteiger partial charge in [0.2, 0.25) is 0 Å². The Hall–Kier alpha value is -1.60. The Balaban J connectivity index is 1.67. The topological polar surface area (TPSA) is 42.2 Å². The maximum absolute atomic E-state index is 6.18. The molecule has 8 heteroatoms. The van der Waals surface area contributed by atoms with Crippen LogP contribution in [0.5, 0.6) is 0 Å². The van der Waals surface area contributed by atoms with Crippen molar-refractivity contribution in [2.75, 3.05) is 5.32 Å². The molecule has 0 saturated heterocycles. The van der Waals surface area contributed by atoms with E-state index in [0.717, 1.165) is 27.2 Å². The molecule has 0 unspecified atom stereocenters. The molecular weight excluding hydrogens is 359 g/mol. The van der Waals surface area contributed by atoms with Gasteiger partial charge in [-0.2, -0.15) is 0 Å². The third-order valence-corrected chi connectivity index (χ3v) is 5.45. The SMILES string of the molecule is Clc1cccc(Nc2nc(-c3cnc4sccn34)cs2)c1Cl. The molecule has 1 aromatic carbocycles. The summed E-state index contributed by atoms with van der Waals surface area (Å²) < 4.78 is 2.02. The number of benzene rings is 1. The zero-order chi connectivity index (χ0) is 15.1. The van der Waals surface area contributed by atoms with Crippen LogP contribution >= 0.6 is 45.9 Å². The molecule has 1 N–H and O–H groups in total. The molecule has 0 aliphatic heterocycles. The molecule has 0 amide bonds. The van der Waals surface area contributed by atoms with Gasteiger partial charge in [-0.1, -0.05) is 29.3 Å². The summed E-state index contributed by atoms with van der Waals surface area (Å²) in [7, 11) is 0. The highest BCUT2D eigenvalue weighted by Gasteiger charge is 2.12. The van der Waals surface area contributed by atoms with Crippen molar-refractivity contribution in [3.63, 3.8) is 0 Å². The van der Waals surface area contributed by atoms with Crippen molar-refractivity contribution in [1.29, 1.82) is 0 Å². The number of hydrogen-bond donors (Lipinski definition) is 1. The summed E-state index contributed by atoms with van der Waals surface area (Å²) in [6, 6.07) is 5.46. The van der Waals surface area contributed by atoms with Crippen molar-refractivity contribution in [2.24, 2.45) is 0 Å². The van der Waals surface area contributed by atoms with Crippen molar-refractivity contribution in [3.05, 3.63) is 51.4 Å². The van der Waals surface area contributed by atoms with Crippen molar-refractivity contribution in [1.82, 2.24) is 14.4 Å². The largest absolute Gasteiger partial charge is 0.330 e. The lowest BCUT2D eigenvalue weighted by atomic mass is 10.3. The first-order chi connectivity index (χ1) is 10.7. The van der Waals surface area contributed by atoms with E-state index in [1.807, 2.05) is 39.7 Å². The van der Waals surface area contributed by atoms with Gasteiger partial charge >= 0.3 is 0 Å². The molecule has 0 aliphatic carbocycles. The van der Waals surface area contributed by atoms with E-state index >= 15 is 0 Å². The quantitative estimate of drug-likeness (QED) is 0.515. The number of nitrogens with zero attached hydrogens (tertiary/aromatic N) is 3. The van der Waals surface area contributed by atoms with Crippen LogP contribution in [0, 0.1) is 0 Å². The first-order valence-electron chi connectivity index (χ1n) is 6.30. The fraction of sp³-hybridized carbons (Fsp3) is 0. The molecule has 0 radical (unpaired) electrons. The summed E-state index contributed by atoms with van der Waals surface area (Å²) in [5.74, 6) is 0. The van der Waals surface area contributed by atoms with Crippen LogP contribution in [0.2, 0.25) is 10.0 Å². The van der Waals surface area contributed by atoms with Crippen LogP contribution in [0.3, 0.4) is 0 Å². The van der Waals surface area contributed by atoms with E-state index in [1.165, 1.54) is 11.3 Å². The Morgan fingerprint density at radius 1 is 1.18 bits per heavy atom. The summed E-state index contributed by atoms with van der Waals surface area (Å²) in [6.07, 6.45) is 3.82. The van der Waals surface area contributed by atoms with Crippen LogP contribution < -0.4 is 5.32 Å².